The molecule has 1 aromatic carbocycles. The molecule has 112 valence electrons. The van der Waals surface area contributed by atoms with Crippen LogP contribution in [0.25, 0.3) is 0 Å². The summed E-state index contributed by atoms with van der Waals surface area (Å²) in [4.78, 5) is 15.1. The van der Waals surface area contributed by atoms with E-state index in [1.807, 2.05) is 12.1 Å². The zero-order chi connectivity index (χ0) is 14.4. The van der Waals surface area contributed by atoms with Crippen molar-refractivity contribution >= 4 is 17.5 Å². The quantitative estimate of drug-likeness (QED) is 0.927. The molecule has 1 saturated carbocycles. The Morgan fingerprint density at radius 2 is 2.19 bits per heavy atom. The molecule has 1 saturated heterocycles. The number of hydrogen-bond donors (Lipinski definition) is 1. The highest BCUT2D eigenvalue weighted by molar-refractivity contribution is 6.31. The number of benzene rings is 1. The second-order valence-electron chi connectivity index (χ2n) is 6.80. The average molecular weight is 305 g/mol. The Kier molecular flexibility index (Phi) is 3.23. The van der Waals surface area contributed by atoms with E-state index in [-0.39, 0.29) is 17.4 Å². The second kappa shape index (κ2) is 4.99. The van der Waals surface area contributed by atoms with Gasteiger partial charge < -0.3 is 10.2 Å². The van der Waals surface area contributed by atoms with Crippen molar-refractivity contribution in [2.45, 2.75) is 43.6 Å². The van der Waals surface area contributed by atoms with E-state index in [0.717, 1.165) is 42.8 Å². The van der Waals surface area contributed by atoms with Gasteiger partial charge in [0.2, 0.25) is 5.91 Å². The molecule has 1 amide bonds. The molecule has 3 nitrogen and oxygen atoms in total. The van der Waals surface area contributed by atoms with Gasteiger partial charge in [-0.05, 0) is 62.4 Å². The van der Waals surface area contributed by atoms with Crippen molar-refractivity contribution in [3.8, 4) is 0 Å². The monoisotopic (exact) mass is 304 g/mol. The molecule has 0 bridgehead atoms. The summed E-state index contributed by atoms with van der Waals surface area (Å²) in [5.41, 5.74) is 2.38. The van der Waals surface area contributed by atoms with Gasteiger partial charge in [-0.25, -0.2) is 0 Å². The third kappa shape index (κ3) is 2.47. The van der Waals surface area contributed by atoms with Crippen LogP contribution in [0.15, 0.2) is 18.2 Å². The van der Waals surface area contributed by atoms with Crippen LogP contribution in [-0.4, -0.2) is 36.0 Å². The van der Waals surface area contributed by atoms with E-state index in [0.29, 0.717) is 0 Å². The van der Waals surface area contributed by atoms with E-state index in [2.05, 4.69) is 16.3 Å². The molecule has 0 spiro atoms. The zero-order valence-electron chi connectivity index (χ0n) is 12.2. The van der Waals surface area contributed by atoms with Crippen LogP contribution in [0.1, 0.15) is 42.7 Å². The second-order valence-corrected chi connectivity index (χ2v) is 7.21. The first-order chi connectivity index (χ1) is 10.2. The topological polar surface area (TPSA) is 32.3 Å². The first-order valence-corrected chi connectivity index (χ1v) is 8.36. The highest BCUT2D eigenvalue weighted by atomic mass is 35.5. The number of likely N-dealkylation sites (tertiary alicyclic amines) is 1. The number of rotatable bonds is 4. The molecule has 1 atom stereocenters. The Morgan fingerprint density at radius 3 is 2.86 bits per heavy atom. The fourth-order valence-electron chi connectivity index (χ4n) is 3.67. The number of nitrogens with zero attached hydrogens (tertiary/aromatic N) is 1. The fourth-order valence-corrected chi connectivity index (χ4v) is 3.95. The standard InChI is InChI=1S/C17H21ClN2O/c18-15-4-1-3-12-13(15)5-6-14(12)16(21)19-17(7-8-17)11-20-9-2-10-20/h1,3-4,14H,2,5-11H2,(H,19,21). The van der Waals surface area contributed by atoms with Gasteiger partial charge in [-0.2, -0.15) is 0 Å². The van der Waals surface area contributed by atoms with Gasteiger partial charge in [0.05, 0.1) is 11.5 Å². The molecule has 0 aromatic heterocycles. The summed E-state index contributed by atoms with van der Waals surface area (Å²) >= 11 is 6.24. The van der Waals surface area contributed by atoms with E-state index in [9.17, 15) is 4.79 Å². The molecule has 1 unspecified atom stereocenters. The molecule has 2 aliphatic carbocycles. The molecular weight excluding hydrogens is 284 g/mol. The summed E-state index contributed by atoms with van der Waals surface area (Å²) in [7, 11) is 0. The van der Waals surface area contributed by atoms with Gasteiger partial charge in [-0.15, -0.1) is 0 Å². The Bertz CT molecular complexity index is 578. The third-order valence-electron chi connectivity index (χ3n) is 5.25. The van der Waals surface area contributed by atoms with E-state index in [4.69, 9.17) is 11.6 Å². The van der Waals surface area contributed by atoms with Crippen LogP contribution in [0.5, 0.6) is 0 Å². The predicted molar refractivity (Wildman–Crippen MR) is 83.7 cm³/mol. The summed E-state index contributed by atoms with van der Waals surface area (Å²) in [6.07, 6.45) is 5.38. The molecule has 0 radical (unpaired) electrons. The summed E-state index contributed by atoms with van der Waals surface area (Å²) < 4.78 is 0. The first-order valence-electron chi connectivity index (χ1n) is 7.99. The number of carbonyl (C=O) groups excluding carboxylic acids is 1. The lowest BCUT2D eigenvalue weighted by molar-refractivity contribution is -0.123. The van der Waals surface area contributed by atoms with Crippen LogP contribution in [0.4, 0.5) is 0 Å². The van der Waals surface area contributed by atoms with Gasteiger partial charge in [0.15, 0.2) is 0 Å². The van der Waals surface area contributed by atoms with E-state index < -0.39 is 0 Å². The highest BCUT2D eigenvalue weighted by Gasteiger charge is 2.47. The van der Waals surface area contributed by atoms with E-state index in [1.165, 1.54) is 25.1 Å². The summed E-state index contributed by atoms with van der Waals surface area (Å²) in [5.74, 6) is 0.196. The maximum absolute atomic E-state index is 12.7. The number of halogens is 1. The zero-order valence-corrected chi connectivity index (χ0v) is 13.0. The third-order valence-corrected chi connectivity index (χ3v) is 5.60. The van der Waals surface area contributed by atoms with Gasteiger partial charge in [-0.1, -0.05) is 23.7 Å². The number of fused-ring (bicyclic) bond motifs is 1. The predicted octanol–water partition coefficient (Wildman–Crippen LogP) is 2.72. The molecule has 1 heterocycles. The maximum atomic E-state index is 12.7. The van der Waals surface area contributed by atoms with E-state index >= 15 is 0 Å². The Labute approximate surface area is 130 Å². The molecule has 1 aromatic rings. The molecule has 21 heavy (non-hydrogen) atoms. The minimum absolute atomic E-state index is 0.00688. The van der Waals surface area contributed by atoms with Crippen LogP contribution in [-0.2, 0) is 11.2 Å². The summed E-state index contributed by atoms with van der Waals surface area (Å²) in [6.45, 7) is 3.42. The van der Waals surface area contributed by atoms with Crippen LogP contribution >= 0.6 is 11.6 Å². The Balaban J connectivity index is 1.46. The van der Waals surface area contributed by atoms with Crippen molar-refractivity contribution in [1.29, 1.82) is 0 Å². The van der Waals surface area contributed by atoms with Crippen molar-refractivity contribution in [3.63, 3.8) is 0 Å². The van der Waals surface area contributed by atoms with Gasteiger partial charge in [0.25, 0.3) is 0 Å². The maximum Gasteiger partial charge on any atom is 0.228 e. The molecule has 4 rings (SSSR count). The number of carbonyl (C=O) groups is 1. The number of nitrogens with one attached hydrogen (secondary N) is 1. The molecule has 1 N–H and O–H groups in total. The van der Waals surface area contributed by atoms with Crippen LogP contribution in [0.3, 0.4) is 0 Å². The molecular formula is C17H21ClN2O. The van der Waals surface area contributed by atoms with Crippen molar-refractivity contribution in [2.75, 3.05) is 19.6 Å². The molecule has 1 aliphatic heterocycles. The average Bonchev–Trinajstić information content (AvgIpc) is 3.02. The van der Waals surface area contributed by atoms with Gasteiger partial charge in [0, 0.05) is 11.6 Å². The van der Waals surface area contributed by atoms with Crippen LogP contribution < -0.4 is 5.32 Å². The lowest BCUT2D eigenvalue weighted by Gasteiger charge is -2.35. The molecule has 3 aliphatic rings. The summed E-state index contributed by atoms with van der Waals surface area (Å²) in [6, 6.07) is 5.94. The van der Waals surface area contributed by atoms with Gasteiger partial charge in [0.1, 0.15) is 0 Å². The summed E-state index contributed by atoms with van der Waals surface area (Å²) in [5, 5.41) is 4.15. The molecule has 2 fully saturated rings. The number of hydrogen-bond acceptors (Lipinski definition) is 2. The van der Waals surface area contributed by atoms with Crippen molar-refractivity contribution < 1.29 is 4.79 Å². The van der Waals surface area contributed by atoms with Crippen LogP contribution in [0.2, 0.25) is 5.02 Å². The minimum Gasteiger partial charge on any atom is -0.349 e. The first kappa shape index (κ1) is 13.6. The van der Waals surface area contributed by atoms with Crippen LogP contribution in [0, 0.1) is 0 Å². The Hall–Kier alpha value is -1.06. The van der Waals surface area contributed by atoms with Gasteiger partial charge >= 0.3 is 0 Å². The van der Waals surface area contributed by atoms with Gasteiger partial charge in [-0.3, -0.25) is 4.79 Å². The minimum atomic E-state index is -0.00688. The molecule has 4 heteroatoms. The normalized spacial score (nSPS) is 26.0. The largest absolute Gasteiger partial charge is 0.349 e. The Morgan fingerprint density at radius 1 is 1.38 bits per heavy atom. The smallest absolute Gasteiger partial charge is 0.228 e. The lowest BCUT2D eigenvalue weighted by atomic mass is 9.99. The van der Waals surface area contributed by atoms with E-state index in [1.54, 1.807) is 0 Å². The van der Waals surface area contributed by atoms with Crippen molar-refractivity contribution in [1.82, 2.24) is 10.2 Å². The number of amides is 1. The van der Waals surface area contributed by atoms with Crippen molar-refractivity contribution in [3.05, 3.63) is 34.3 Å². The SMILES string of the molecule is O=C(NC1(CN2CCC2)CC1)C1CCc2c(Cl)cccc21. The van der Waals surface area contributed by atoms with Crippen molar-refractivity contribution in [2.24, 2.45) is 0 Å². The fraction of sp³-hybridized carbons (Fsp3) is 0.588. The highest BCUT2D eigenvalue weighted by Crippen LogP contribution is 2.41. The lowest BCUT2D eigenvalue weighted by Crippen LogP contribution is -2.50.